The van der Waals surface area contributed by atoms with Crippen molar-refractivity contribution in [2.24, 2.45) is 0 Å². The molecule has 2 aromatic rings. The highest BCUT2D eigenvalue weighted by molar-refractivity contribution is 7.89. The molecule has 0 saturated heterocycles. The number of carbonyl (C=O) groups excluding carboxylic acids is 1. The predicted molar refractivity (Wildman–Crippen MR) is 80.0 cm³/mol. The van der Waals surface area contributed by atoms with Gasteiger partial charge < -0.3 is 0 Å². The van der Waals surface area contributed by atoms with E-state index in [2.05, 4.69) is 15.0 Å². The van der Waals surface area contributed by atoms with Crippen LogP contribution in [0, 0.1) is 0 Å². The molecule has 0 saturated carbocycles. The van der Waals surface area contributed by atoms with Gasteiger partial charge in [-0.05, 0) is 25.2 Å². The van der Waals surface area contributed by atoms with Crippen LogP contribution in [0.5, 0.6) is 0 Å². The lowest BCUT2D eigenvalue weighted by atomic mass is 10.3. The second kappa shape index (κ2) is 5.82. The highest BCUT2D eigenvalue weighted by atomic mass is 35.5. The molecular weight excluding hydrogens is 345 g/mol. The Labute approximate surface area is 129 Å². The molecule has 2 rings (SSSR count). The minimum atomic E-state index is -3.52. The molecule has 1 aromatic carbocycles. The number of hydrogen-bond acceptors (Lipinski definition) is 5. The standard InChI is InChI=1S/C10H9Cl2N3O3S2/c1-13-20(17,18)5-2-3-6-7(4-5)19-10(14-6)15-9(16)8(11)12/h2-4,8,13H,1H3,(H,14,15,16). The van der Waals surface area contributed by atoms with Crippen LogP contribution in [0.3, 0.4) is 0 Å². The van der Waals surface area contributed by atoms with Gasteiger partial charge in [-0.15, -0.1) is 0 Å². The SMILES string of the molecule is CNS(=O)(=O)c1ccc2nc(NC(=O)C(Cl)Cl)sc2c1. The topological polar surface area (TPSA) is 88.2 Å². The Balaban J connectivity index is 2.38. The largest absolute Gasteiger partial charge is 0.300 e. The molecule has 0 aliphatic carbocycles. The first kappa shape index (κ1) is 15.5. The van der Waals surface area contributed by atoms with Gasteiger partial charge in [-0.25, -0.2) is 18.1 Å². The van der Waals surface area contributed by atoms with Crippen molar-refractivity contribution >= 4 is 65.8 Å². The zero-order valence-corrected chi connectivity index (χ0v) is 13.2. The molecule has 6 nitrogen and oxygen atoms in total. The number of carbonyl (C=O) groups is 1. The second-order valence-corrected chi connectivity index (χ2v) is 7.66. The Kier molecular flexibility index (Phi) is 4.50. The van der Waals surface area contributed by atoms with Crippen molar-refractivity contribution < 1.29 is 13.2 Å². The smallest absolute Gasteiger partial charge is 0.259 e. The maximum atomic E-state index is 11.7. The lowest BCUT2D eigenvalue weighted by Crippen LogP contribution is -2.18. The number of nitrogens with zero attached hydrogens (tertiary/aromatic N) is 1. The van der Waals surface area contributed by atoms with E-state index in [1.54, 1.807) is 6.07 Å². The molecule has 1 heterocycles. The fraction of sp³-hybridized carbons (Fsp3) is 0.200. The average molecular weight is 354 g/mol. The van der Waals surface area contributed by atoms with E-state index in [9.17, 15) is 13.2 Å². The minimum absolute atomic E-state index is 0.126. The fourth-order valence-electron chi connectivity index (χ4n) is 1.40. The molecule has 2 N–H and O–H groups in total. The van der Waals surface area contributed by atoms with Gasteiger partial charge in [0.15, 0.2) is 9.97 Å². The molecule has 1 amide bonds. The van der Waals surface area contributed by atoms with Crippen molar-refractivity contribution in [3.63, 3.8) is 0 Å². The van der Waals surface area contributed by atoms with Crippen LogP contribution in [-0.2, 0) is 14.8 Å². The van der Waals surface area contributed by atoms with Crippen molar-refractivity contribution in [2.45, 2.75) is 9.73 Å². The normalized spacial score (nSPS) is 12.0. The molecule has 10 heteroatoms. The minimum Gasteiger partial charge on any atom is -0.300 e. The number of nitrogens with one attached hydrogen (secondary N) is 2. The Morgan fingerprint density at radius 3 is 2.70 bits per heavy atom. The first-order valence-corrected chi connectivity index (χ1v) is 8.44. The van der Waals surface area contributed by atoms with Crippen LogP contribution in [-0.4, -0.2) is 31.2 Å². The molecule has 0 atom stereocenters. The van der Waals surface area contributed by atoms with Crippen LogP contribution in [0.4, 0.5) is 5.13 Å². The van der Waals surface area contributed by atoms with Gasteiger partial charge in [-0.3, -0.25) is 10.1 Å². The maximum absolute atomic E-state index is 11.7. The lowest BCUT2D eigenvalue weighted by Gasteiger charge is -2.00. The van der Waals surface area contributed by atoms with Crippen LogP contribution in [0.15, 0.2) is 23.1 Å². The first-order valence-electron chi connectivity index (χ1n) is 5.26. The van der Waals surface area contributed by atoms with Gasteiger partial charge in [0.25, 0.3) is 5.91 Å². The molecular formula is C10H9Cl2N3O3S2. The van der Waals surface area contributed by atoms with E-state index in [4.69, 9.17) is 23.2 Å². The van der Waals surface area contributed by atoms with Gasteiger partial charge in [0, 0.05) is 0 Å². The van der Waals surface area contributed by atoms with E-state index in [1.807, 2.05) is 0 Å². The summed E-state index contributed by atoms with van der Waals surface area (Å²) in [4.78, 5) is 14.4. The van der Waals surface area contributed by atoms with E-state index in [0.29, 0.717) is 15.3 Å². The summed E-state index contributed by atoms with van der Waals surface area (Å²) in [5.41, 5.74) is 0.570. The monoisotopic (exact) mass is 353 g/mol. The molecule has 1 aromatic heterocycles. The Morgan fingerprint density at radius 2 is 2.10 bits per heavy atom. The maximum Gasteiger partial charge on any atom is 0.259 e. The summed E-state index contributed by atoms with van der Waals surface area (Å²) in [7, 11) is -2.19. The van der Waals surface area contributed by atoms with Crippen LogP contribution in [0.1, 0.15) is 0 Å². The number of amides is 1. The van der Waals surface area contributed by atoms with Crippen LogP contribution >= 0.6 is 34.5 Å². The first-order chi connectivity index (χ1) is 9.33. The quantitative estimate of drug-likeness (QED) is 0.822. The summed E-state index contributed by atoms with van der Waals surface area (Å²) in [5, 5.41) is 2.74. The molecule has 0 radical (unpaired) electrons. The van der Waals surface area contributed by atoms with E-state index in [0.717, 1.165) is 11.3 Å². The summed E-state index contributed by atoms with van der Waals surface area (Å²) < 4.78 is 26.2. The Morgan fingerprint density at radius 1 is 1.40 bits per heavy atom. The molecule has 0 bridgehead atoms. The number of fused-ring (bicyclic) bond motifs is 1. The number of thiazole rings is 1. The number of anilines is 1. The third kappa shape index (κ3) is 3.21. The molecule has 108 valence electrons. The molecule has 20 heavy (non-hydrogen) atoms. The summed E-state index contributed by atoms with van der Waals surface area (Å²) in [6.07, 6.45) is 0. The number of hydrogen-bond donors (Lipinski definition) is 2. The molecule has 0 unspecified atom stereocenters. The number of aromatic nitrogens is 1. The third-order valence-electron chi connectivity index (χ3n) is 2.37. The van der Waals surface area contributed by atoms with Crippen molar-refractivity contribution in [2.75, 3.05) is 12.4 Å². The number of rotatable bonds is 4. The van der Waals surface area contributed by atoms with Gasteiger partial charge in [-0.1, -0.05) is 34.5 Å². The summed E-state index contributed by atoms with van der Waals surface area (Å²) in [6, 6.07) is 4.48. The number of benzene rings is 1. The van der Waals surface area contributed by atoms with Gasteiger partial charge in [0.05, 0.1) is 15.1 Å². The van der Waals surface area contributed by atoms with Crippen molar-refractivity contribution in [1.82, 2.24) is 9.71 Å². The number of halogens is 2. The summed E-state index contributed by atoms with van der Waals surface area (Å²) in [6.45, 7) is 0. The fourth-order valence-corrected chi connectivity index (χ4v) is 3.25. The van der Waals surface area contributed by atoms with E-state index < -0.39 is 20.8 Å². The van der Waals surface area contributed by atoms with E-state index in [-0.39, 0.29) is 4.90 Å². The number of sulfonamides is 1. The van der Waals surface area contributed by atoms with Crippen molar-refractivity contribution in [3.05, 3.63) is 18.2 Å². The van der Waals surface area contributed by atoms with E-state index in [1.165, 1.54) is 19.2 Å². The average Bonchev–Trinajstić information content (AvgIpc) is 2.79. The lowest BCUT2D eigenvalue weighted by molar-refractivity contribution is -0.114. The van der Waals surface area contributed by atoms with Gasteiger partial charge in [-0.2, -0.15) is 0 Å². The summed E-state index contributed by atoms with van der Waals surface area (Å²) >= 11 is 12.0. The van der Waals surface area contributed by atoms with Gasteiger partial charge in [0.1, 0.15) is 0 Å². The molecule has 0 spiro atoms. The molecule has 0 fully saturated rings. The zero-order valence-electron chi connectivity index (χ0n) is 10.1. The number of alkyl halides is 2. The van der Waals surface area contributed by atoms with Crippen molar-refractivity contribution in [3.8, 4) is 0 Å². The molecule has 0 aliphatic heterocycles. The third-order valence-corrected chi connectivity index (χ3v) is 5.11. The van der Waals surface area contributed by atoms with Gasteiger partial charge in [0.2, 0.25) is 10.0 Å². The van der Waals surface area contributed by atoms with Crippen LogP contribution in [0.2, 0.25) is 0 Å². The second-order valence-electron chi connectivity index (χ2n) is 3.65. The highest BCUT2D eigenvalue weighted by Crippen LogP contribution is 2.28. The van der Waals surface area contributed by atoms with Crippen LogP contribution < -0.4 is 10.0 Å². The summed E-state index contributed by atoms with van der Waals surface area (Å²) in [5.74, 6) is -0.588. The Hall–Kier alpha value is -0.930. The predicted octanol–water partition coefficient (Wildman–Crippen LogP) is 1.95. The van der Waals surface area contributed by atoms with Gasteiger partial charge >= 0.3 is 0 Å². The van der Waals surface area contributed by atoms with Crippen LogP contribution in [0.25, 0.3) is 10.2 Å². The van der Waals surface area contributed by atoms with E-state index >= 15 is 0 Å². The highest BCUT2D eigenvalue weighted by Gasteiger charge is 2.16. The Bertz CT molecular complexity index is 758. The molecule has 0 aliphatic rings. The van der Waals surface area contributed by atoms with Crippen molar-refractivity contribution in [1.29, 1.82) is 0 Å². The zero-order chi connectivity index (χ0) is 14.9.